The normalized spacial score (nSPS) is 19.0. The van der Waals surface area contributed by atoms with E-state index in [1.165, 1.54) is 0 Å². The van der Waals surface area contributed by atoms with Crippen LogP contribution < -0.4 is 9.47 Å². The van der Waals surface area contributed by atoms with E-state index in [9.17, 15) is 18.3 Å². The fourth-order valence-corrected chi connectivity index (χ4v) is 5.53. The minimum Gasteiger partial charge on any atom is -0.492 e. The predicted molar refractivity (Wildman–Crippen MR) is 146 cm³/mol. The minimum atomic E-state index is -3.35. The van der Waals surface area contributed by atoms with Gasteiger partial charge in [0.05, 0.1) is 25.0 Å². The molecule has 1 aliphatic heterocycles. The molecule has 2 aromatic carbocycles. The first-order valence-electron chi connectivity index (χ1n) is 13.2. The van der Waals surface area contributed by atoms with Crippen LogP contribution in [0.3, 0.4) is 0 Å². The van der Waals surface area contributed by atoms with Gasteiger partial charge in [-0.25, -0.2) is 4.79 Å². The van der Waals surface area contributed by atoms with Gasteiger partial charge in [0.1, 0.15) is 11.5 Å². The first-order valence-corrected chi connectivity index (χ1v) is 15.0. The molecule has 2 aromatic rings. The van der Waals surface area contributed by atoms with E-state index in [2.05, 4.69) is 13.0 Å². The summed E-state index contributed by atoms with van der Waals surface area (Å²) < 4.78 is 43.7. The first-order chi connectivity index (χ1) is 18.1. The third-order valence-electron chi connectivity index (χ3n) is 7.23. The van der Waals surface area contributed by atoms with Crippen LogP contribution in [0.2, 0.25) is 0 Å². The summed E-state index contributed by atoms with van der Waals surface area (Å²) in [7, 11) is -1.77. The van der Waals surface area contributed by atoms with Crippen molar-refractivity contribution in [3.63, 3.8) is 0 Å². The largest absolute Gasteiger partial charge is 0.492 e. The van der Waals surface area contributed by atoms with Crippen LogP contribution in [0.15, 0.2) is 42.5 Å². The summed E-state index contributed by atoms with van der Waals surface area (Å²) in [5.74, 6) is 0.779. The van der Waals surface area contributed by atoms with Crippen molar-refractivity contribution >= 4 is 16.1 Å². The first kappa shape index (κ1) is 29.9. The van der Waals surface area contributed by atoms with Crippen LogP contribution in [0.4, 0.5) is 0 Å². The molecule has 210 valence electrons. The van der Waals surface area contributed by atoms with Crippen molar-refractivity contribution in [3.8, 4) is 11.5 Å². The van der Waals surface area contributed by atoms with Crippen LogP contribution in [0.1, 0.15) is 85.7 Å². The van der Waals surface area contributed by atoms with Crippen LogP contribution in [0, 0.1) is 0 Å². The molecule has 1 aliphatic rings. The van der Waals surface area contributed by atoms with E-state index in [0.29, 0.717) is 12.4 Å². The van der Waals surface area contributed by atoms with Crippen LogP contribution in [-0.2, 0) is 24.5 Å². The van der Waals surface area contributed by atoms with Crippen LogP contribution in [0.5, 0.6) is 11.5 Å². The smallest absolute Gasteiger partial charge is 0.335 e. The average Bonchev–Trinajstić information content (AvgIpc) is 2.89. The lowest BCUT2D eigenvalue weighted by atomic mass is 9.66. The molecule has 0 radical (unpaired) electrons. The zero-order chi connectivity index (χ0) is 27.6. The number of methoxy groups -OCH3 is 1. The zero-order valence-corrected chi connectivity index (χ0v) is 23.4. The summed E-state index contributed by atoms with van der Waals surface area (Å²) in [6.45, 7) is 3.11. The lowest BCUT2D eigenvalue weighted by molar-refractivity contribution is 0.0506. The van der Waals surface area contributed by atoms with Crippen LogP contribution in [0.25, 0.3) is 0 Å². The van der Waals surface area contributed by atoms with Crippen molar-refractivity contribution in [1.82, 2.24) is 0 Å². The van der Waals surface area contributed by atoms with Gasteiger partial charge in [0.2, 0.25) is 0 Å². The van der Waals surface area contributed by atoms with E-state index in [0.717, 1.165) is 74.5 Å². The van der Waals surface area contributed by atoms with Gasteiger partial charge in [-0.1, -0.05) is 63.6 Å². The Morgan fingerprint density at radius 3 is 2.32 bits per heavy atom. The lowest BCUT2D eigenvalue weighted by Crippen LogP contribution is -2.40. The molecule has 0 aromatic heterocycles. The molecule has 0 fully saturated rings. The number of fused-ring (bicyclic) bond motifs is 1. The highest BCUT2D eigenvalue weighted by atomic mass is 32.2. The van der Waals surface area contributed by atoms with E-state index in [-0.39, 0.29) is 30.3 Å². The maximum atomic E-state index is 11.4. The molecule has 0 spiro atoms. The Bertz CT molecular complexity index is 1150. The van der Waals surface area contributed by atoms with Gasteiger partial charge in [0.25, 0.3) is 10.1 Å². The molecule has 0 saturated carbocycles. The number of carboxylic acid groups (broad SMARTS) is 1. The molecule has 38 heavy (non-hydrogen) atoms. The summed E-state index contributed by atoms with van der Waals surface area (Å²) in [5.41, 5.74) is 2.16. The van der Waals surface area contributed by atoms with Crippen molar-refractivity contribution in [1.29, 1.82) is 0 Å². The van der Waals surface area contributed by atoms with Gasteiger partial charge in [-0.15, -0.1) is 0 Å². The van der Waals surface area contributed by atoms with Crippen molar-refractivity contribution in [2.24, 2.45) is 0 Å². The van der Waals surface area contributed by atoms with E-state index in [1.807, 2.05) is 24.3 Å². The molecule has 1 heterocycles. The molecule has 8 nitrogen and oxygen atoms in total. The Morgan fingerprint density at radius 1 is 1.03 bits per heavy atom. The van der Waals surface area contributed by atoms with E-state index in [4.69, 9.17) is 18.4 Å². The number of unbranched alkanes of at least 4 members (excludes halogenated alkanes) is 6. The summed E-state index contributed by atoms with van der Waals surface area (Å²) in [6.07, 6.45) is 9.23. The fourth-order valence-electron chi connectivity index (χ4n) is 5.11. The quantitative estimate of drug-likeness (QED) is 0.157. The van der Waals surface area contributed by atoms with Gasteiger partial charge in [0.15, 0.2) is 6.79 Å². The number of hydrogen-bond acceptors (Lipinski definition) is 7. The molecular formula is C29H40O8S. The second kappa shape index (κ2) is 14.0. The van der Waals surface area contributed by atoms with E-state index < -0.39 is 16.1 Å². The van der Waals surface area contributed by atoms with Crippen LogP contribution in [-0.4, -0.2) is 52.9 Å². The highest BCUT2D eigenvalue weighted by molar-refractivity contribution is 7.85. The number of aromatic carboxylic acids is 1. The molecule has 3 rings (SSSR count). The monoisotopic (exact) mass is 548 g/mol. The Balaban J connectivity index is 1.63. The Morgan fingerprint density at radius 2 is 1.68 bits per heavy atom. The van der Waals surface area contributed by atoms with Gasteiger partial charge in [-0.05, 0) is 42.2 Å². The topological polar surface area (TPSA) is 108 Å². The van der Waals surface area contributed by atoms with Crippen molar-refractivity contribution < 1.29 is 36.7 Å². The number of benzene rings is 2. The average molecular weight is 549 g/mol. The molecule has 2 atom stereocenters. The SMILES string of the molecule is COCOc1ccc2c(c1)OCC(C)(c1ccc(C(=O)O)cc1)C2CCCCCCCCCOS(C)(=O)=O. The maximum Gasteiger partial charge on any atom is 0.335 e. The summed E-state index contributed by atoms with van der Waals surface area (Å²) in [6, 6.07) is 13.1. The number of rotatable bonds is 16. The molecule has 0 bridgehead atoms. The van der Waals surface area contributed by atoms with E-state index in [1.54, 1.807) is 19.2 Å². The van der Waals surface area contributed by atoms with Gasteiger partial charge in [-0.3, -0.25) is 4.18 Å². The fraction of sp³-hybridized carbons (Fsp3) is 0.552. The number of ether oxygens (including phenoxy) is 3. The lowest BCUT2D eigenvalue weighted by Gasteiger charge is -2.43. The zero-order valence-electron chi connectivity index (χ0n) is 22.6. The predicted octanol–water partition coefficient (Wildman–Crippen LogP) is 5.90. The summed E-state index contributed by atoms with van der Waals surface area (Å²) >= 11 is 0. The molecule has 1 N–H and O–H groups in total. The van der Waals surface area contributed by atoms with Crippen molar-refractivity contribution in [2.75, 3.05) is 33.4 Å². The second-order valence-electron chi connectivity index (χ2n) is 10.2. The van der Waals surface area contributed by atoms with Gasteiger partial charge in [0, 0.05) is 24.5 Å². The molecule has 0 amide bonds. The third-order valence-corrected chi connectivity index (χ3v) is 7.82. The van der Waals surface area contributed by atoms with Gasteiger partial charge < -0.3 is 19.3 Å². The standard InChI is InChI=1S/C29H40O8S/c1-29(23-14-12-22(13-15-23)28(30)31)20-35-27-19-24(36-21-34-2)16-17-25(27)26(29)11-9-7-5-4-6-8-10-18-37-38(3,32)33/h12-17,19,26H,4-11,18,20-21H2,1-3H3,(H,30,31). The Kier molecular flexibility index (Phi) is 11.0. The second-order valence-corrected chi connectivity index (χ2v) is 11.8. The Hall–Kier alpha value is -2.62. The molecule has 0 aliphatic carbocycles. The molecular weight excluding hydrogens is 508 g/mol. The minimum absolute atomic E-state index is 0.167. The highest BCUT2D eigenvalue weighted by Crippen LogP contribution is 2.49. The third kappa shape index (κ3) is 8.44. The highest BCUT2D eigenvalue weighted by Gasteiger charge is 2.42. The number of carbonyl (C=O) groups is 1. The number of hydrogen-bond donors (Lipinski definition) is 1. The maximum absolute atomic E-state index is 11.4. The van der Waals surface area contributed by atoms with E-state index >= 15 is 0 Å². The molecule has 2 unspecified atom stereocenters. The molecule has 0 saturated heterocycles. The van der Waals surface area contributed by atoms with Gasteiger partial charge in [-0.2, -0.15) is 8.42 Å². The summed E-state index contributed by atoms with van der Waals surface area (Å²) in [5, 5.41) is 9.32. The van der Waals surface area contributed by atoms with Crippen LogP contribution >= 0.6 is 0 Å². The molecule has 9 heteroatoms. The van der Waals surface area contributed by atoms with Crippen molar-refractivity contribution in [3.05, 3.63) is 59.2 Å². The number of carboxylic acids is 1. The van der Waals surface area contributed by atoms with Gasteiger partial charge >= 0.3 is 5.97 Å². The van der Waals surface area contributed by atoms with Crippen molar-refractivity contribution in [2.45, 2.75) is 69.6 Å². The summed E-state index contributed by atoms with van der Waals surface area (Å²) in [4.78, 5) is 11.4. The Labute approximate surface area is 226 Å².